The molecule has 8 heteroatoms. The lowest BCUT2D eigenvalue weighted by molar-refractivity contribution is -0.171. The van der Waals surface area contributed by atoms with Crippen LogP contribution in [0.15, 0.2) is 23.8 Å². The van der Waals surface area contributed by atoms with E-state index in [4.69, 9.17) is 18.9 Å². The fourth-order valence-electron chi connectivity index (χ4n) is 6.14. The Kier molecular flexibility index (Phi) is 5.33. The van der Waals surface area contributed by atoms with Crippen molar-refractivity contribution in [3.8, 4) is 0 Å². The molecule has 0 bridgehead atoms. The van der Waals surface area contributed by atoms with Gasteiger partial charge in [0.05, 0.1) is 6.10 Å². The van der Waals surface area contributed by atoms with Crippen LogP contribution in [-0.4, -0.2) is 58.6 Å². The molecule has 8 nitrogen and oxygen atoms in total. The Morgan fingerprint density at radius 3 is 2.44 bits per heavy atom. The van der Waals surface area contributed by atoms with E-state index in [2.05, 4.69) is 0 Å². The van der Waals surface area contributed by atoms with Gasteiger partial charge in [0.15, 0.2) is 17.3 Å². The Bertz CT molecular complexity index is 908. The van der Waals surface area contributed by atoms with Crippen molar-refractivity contribution in [2.75, 3.05) is 0 Å². The van der Waals surface area contributed by atoms with Crippen molar-refractivity contribution >= 4 is 17.9 Å². The number of aliphatic hydroxyl groups is 1. The summed E-state index contributed by atoms with van der Waals surface area (Å²) >= 11 is 0. The Balaban J connectivity index is 1.86. The Morgan fingerprint density at radius 2 is 1.84 bits per heavy atom. The highest BCUT2D eigenvalue weighted by Crippen LogP contribution is 2.64. The van der Waals surface area contributed by atoms with Crippen LogP contribution < -0.4 is 0 Å². The molecule has 0 radical (unpaired) electrons. The van der Waals surface area contributed by atoms with Crippen molar-refractivity contribution in [1.82, 2.24) is 0 Å². The maximum Gasteiger partial charge on any atom is 0.342 e. The van der Waals surface area contributed by atoms with Crippen molar-refractivity contribution in [3.63, 3.8) is 0 Å². The van der Waals surface area contributed by atoms with Crippen LogP contribution in [0.4, 0.5) is 0 Å². The second-order valence-electron chi connectivity index (χ2n) is 10.0. The van der Waals surface area contributed by atoms with Gasteiger partial charge in [-0.05, 0) is 38.8 Å². The monoisotopic (exact) mass is 448 g/mol. The van der Waals surface area contributed by atoms with Gasteiger partial charge in [-0.3, -0.25) is 9.59 Å². The molecule has 0 amide bonds. The van der Waals surface area contributed by atoms with E-state index in [-0.39, 0.29) is 5.92 Å². The van der Waals surface area contributed by atoms with Gasteiger partial charge in [0.2, 0.25) is 0 Å². The summed E-state index contributed by atoms with van der Waals surface area (Å²) in [6.07, 6.45) is 3.69. The fourth-order valence-corrected chi connectivity index (χ4v) is 6.14. The number of hydrogen-bond acceptors (Lipinski definition) is 8. The number of aliphatic hydroxyl groups excluding tert-OH is 1. The second-order valence-corrected chi connectivity index (χ2v) is 10.0. The van der Waals surface area contributed by atoms with Gasteiger partial charge < -0.3 is 24.1 Å². The molecule has 2 heterocycles. The average Bonchev–Trinajstić information content (AvgIpc) is 3.28. The van der Waals surface area contributed by atoms with E-state index in [9.17, 15) is 19.5 Å². The first kappa shape index (κ1) is 23.0. The predicted molar refractivity (Wildman–Crippen MR) is 112 cm³/mol. The molecular weight excluding hydrogens is 416 g/mol. The molecule has 2 saturated heterocycles. The third-order valence-electron chi connectivity index (χ3n) is 7.89. The fraction of sp³-hybridized carbons (Fsp3) is 0.708. The molecule has 2 aliphatic heterocycles. The van der Waals surface area contributed by atoms with Gasteiger partial charge in [-0.2, -0.15) is 0 Å². The lowest BCUT2D eigenvalue weighted by Crippen LogP contribution is -2.59. The second kappa shape index (κ2) is 7.42. The molecule has 2 unspecified atom stereocenters. The van der Waals surface area contributed by atoms with Gasteiger partial charge in [-0.1, -0.05) is 25.5 Å². The van der Waals surface area contributed by atoms with E-state index in [1.165, 1.54) is 13.8 Å². The van der Waals surface area contributed by atoms with Crippen LogP contribution in [-0.2, 0) is 33.3 Å². The van der Waals surface area contributed by atoms with Crippen LogP contribution in [0.5, 0.6) is 0 Å². The van der Waals surface area contributed by atoms with Gasteiger partial charge in [-0.25, -0.2) is 4.79 Å². The molecule has 32 heavy (non-hydrogen) atoms. The van der Waals surface area contributed by atoms with Crippen molar-refractivity contribution in [2.45, 2.75) is 90.0 Å². The standard InChI is InChI=1S/C24H32O8/c1-12-7-8-17(30-15(4)26)22(5)10-9-16(29-14(3)25)13(2)19(22)20(27)24-18(11-12)31-21(28)23(24,6)32-24/h9-11,13,16-20,27H,7-8H2,1-6H3/b12-11-/t13-,16+,17-,18-,19+,20?,22+,23+,24?/m0/s1. The van der Waals surface area contributed by atoms with Crippen LogP contribution in [0.2, 0.25) is 0 Å². The first-order valence-electron chi connectivity index (χ1n) is 11.2. The van der Waals surface area contributed by atoms with Crippen LogP contribution in [0.1, 0.15) is 54.4 Å². The third-order valence-corrected chi connectivity index (χ3v) is 7.89. The van der Waals surface area contributed by atoms with Gasteiger partial charge >= 0.3 is 17.9 Å². The zero-order valence-electron chi connectivity index (χ0n) is 19.4. The molecular formula is C24H32O8. The number of allylic oxidation sites excluding steroid dienone is 1. The summed E-state index contributed by atoms with van der Waals surface area (Å²) in [5, 5.41) is 11.9. The molecule has 1 N–H and O–H groups in total. The SMILES string of the molecule is CC(=O)O[C@H]1CC/C(C)=C\[C@@H]2OC(=O)[C@@]3(C)OC23C(O)[C@H]2[C@@H](C)[C@H](OC(C)=O)C=C[C@]12C. The molecule has 0 aromatic carbocycles. The van der Waals surface area contributed by atoms with Crippen molar-refractivity contribution < 1.29 is 38.4 Å². The normalized spacial score (nSPS) is 48.8. The molecule has 176 valence electrons. The highest BCUT2D eigenvalue weighted by atomic mass is 16.7. The van der Waals surface area contributed by atoms with Crippen molar-refractivity contribution in [3.05, 3.63) is 23.8 Å². The lowest BCUT2D eigenvalue weighted by Gasteiger charge is -2.51. The summed E-state index contributed by atoms with van der Waals surface area (Å²) < 4.78 is 22.9. The number of rotatable bonds is 2. The number of esters is 3. The first-order chi connectivity index (χ1) is 14.9. The van der Waals surface area contributed by atoms with Crippen molar-refractivity contribution in [1.29, 1.82) is 0 Å². The number of hydrogen-bond donors (Lipinski definition) is 1. The topological polar surface area (TPSA) is 112 Å². The summed E-state index contributed by atoms with van der Waals surface area (Å²) in [7, 11) is 0. The van der Waals surface area contributed by atoms with Crippen LogP contribution >= 0.6 is 0 Å². The lowest BCUT2D eigenvalue weighted by atomic mass is 9.57. The van der Waals surface area contributed by atoms with Gasteiger partial charge in [0.25, 0.3) is 0 Å². The Morgan fingerprint density at radius 1 is 1.19 bits per heavy atom. The zero-order valence-corrected chi connectivity index (χ0v) is 19.4. The summed E-state index contributed by atoms with van der Waals surface area (Å²) in [5.41, 5.74) is -2.35. The van der Waals surface area contributed by atoms with Gasteiger partial charge in [-0.15, -0.1) is 0 Å². The Hall–Kier alpha value is -2.19. The van der Waals surface area contributed by atoms with E-state index < -0.39 is 64.9 Å². The van der Waals surface area contributed by atoms with E-state index in [0.29, 0.717) is 12.8 Å². The van der Waals surface area contributed by atoms with Crippen molar-refractivity contribution in [2.24, 2.45) is 17.3 Å². The van der Waals surface area contributed by atoms with E-state index in [1.54, 1.807) is 13.0 Å². The number of fused-ring (bicyclic) bond motifs is 1. The molecule has 2 aliphatic carbocycles. The Labute approximate surface area is 187 Å². The maximum absolute atomic E-state index is 12.6. The molecule has 0 aromatic rings. The quantitative estimate of drug-likeness (QED) is 0.296. The zero-order chi connectivity index (χ0) is 23.6. The van der Waals surface area contributed by atoms with E-state index >= 15 is 0 Å². The molecule has 4 aliphatic rings. The minimum atomic E-state index is -1.26. The first-order valence-corrected chi connectivity index (χ1v) is 11.2. The molecule has 0 saturated carbocycles. The number of carbonyl (C=O) groups excluding carboxylic acids is 3. The molecule has 9 atom stereocenters. The number of carbonyl (C=O) groups is 3. The van der Waals surface area contributed by atoms with Gasteiger partial charge in [0, 0.05) is 31.1 Å². The van der Waals surface area contributed by atoms with Gasteiger partial charge in [0.1, 0.15) is 12.2 Å². The van der Waals surface area contributed by atoms with E-state index in [0.717, 1.165) is 5.57 Å². The van der Waals surface area contributed by atoms with Crippen LogP contribution in [0, 0.1) is 17.3 Å². The van der Waals surface area contributed by atoms with Crippen LogP contribution in [0.3, 0.4) is 0 Å². The molecule has 4 rings (SSSR count). The summed E-state index contributed by atoms with van der Waals surface area (Å²) in [6, 6.07) is 0. The largest absolute Gasteiger partial charge is 0.462 e. The average molecular weight is 449 g/mol. The third kappa shape index (κ3) is 3.14. The summed E-state index contributed by atoms with van der Waals surface area (Å²) in [5.74, 6) is -2.23. The molecule has 2 fully saturated rings. The van der Waals surface area contributed by atoms with E-state index in [1.807, 2.05) is 32.9 Å². The summed E-state index contributed by atoms with van der Waals surface area (Å²) in [4.78, 5) is 36.4. The van der Waals surface area contributed by atoms with Crippen LogP contribution in [0.25, 0.3) is 0 Å². The summed E-state index contributed by atoms with van der Waals surface area (Å²) in [6.45, 7) is 10.1. The minimum absolute atomic E-state index is 0.342. The number of epoxide rings is 1. The highest BCUT2D eigenvalue weighted by Gasteiger charge is 2.85. The highest BCUT2D eigenvalue weighted by molar-refractivity contribution is 5.88. The maximum atomic E-state index is 12.6. The number of ether oxygens (including phenoxy) is 4. The molecule has 0 aromatic heterocycles. The minimum Gasteiger partial charge on any atom is -0.462 e. The predicted octanol–water partition coefficient (Wildman–Crippen LogP) is 2.23. The smallest absolute Gasteiger partial charge is 0.342 e. The molecule has 1 spiro atoms.